The first-order chi connectivity index (χ1) is 6.86. The van der Waals surface area contributed by atoms with Gasteiger partial charge in [-0.3, -0.25) is 0 Å². The number of hydrogen-bond donors (Lipinski definition) is 2. The van der Waals surface area contributed by atoms with Crippen LogP contribution in [-0.2, 0) is 6.18 Å². The predicted molar refractivity (Wildman–Crippen MR) is 50.6 cm³/mol. The molecule has 1 aromatic carbocycles. The molecule has 0 amide bonds. The van der Waals surface area contributed by atoms with Crippen molar-refractivity contribution in [2.75, 3.05) is 6.54 Å². The summed E-state index contributed by atoms with van der Waals surface area (Å²) in [6, 6.07) is 2.83. The average Bonchev–Trinajstić information content (AvgIpc) is 2.15. The maximum atomic E-state index is 12.4. The number of rotatable bonds is 2. The Hall–Kier alpha value is -1.23. The summed E-state index contributed by atoms with van der Waals surface area (Å²) in [6.45, 7) is 1.85. The van der Waals surface area contributed by atoms with Gasteiger partial charge in [-0.2, -0.15) is 13.2 Å². The fraction of sp³-hybridized carbons (Fsp3) is 0.400. The molecular formula is C10H12F3NO. The Bertz CT molecular complexity index is 349. The predicted octanol–water partition coefficient (Wildman–Crippen LogP) is 2.47. The Morgan fingerprint density at radius 2 is 2.00 bits per heavy atom. The molecule has 0 aliphatic carbocycles. The summed E-state index contributed by atoms with van der Waals surface area (Å²) in [4.78, 5) is 0. The van der Waals surface area contributed by atoms with Crippen molar-refractivity contribution < 1.29 is 18.3 Å². The first-order valence-electron chi connectivity index (χ1n) is 4.46. The highest BCUT2D eigenvalue weighted by molar-refractivity contribution is 5.39. The summed E-state index contributed by atoms with van der Waals surface area (Å²) in [5.41, 5.74) is 4.80. The van der Waals surface area contributed by atoms with Crippen molar-refractivity contribution in [3.8, 4) is 5.75 Å². The summed E-state index contributed by atoms with van der Waals surface area (Å²) in [6.07, 6.45) is -4.39. The van der Waals surface area contributed by atoms with E-state index in [4.69, 9.17) is 5.73 Å². The van der Waals surface area contributed by atoms with Crippen LogP contribution in [0.2, 0.25) is 0 Å². The molecule has 0 spiro atoms. The molecular weight excluding hydrogens is 207 g/mol. The molecule has 15 heavy (non-hydrogen) atoms. The number of phenolic OH excluding ortho intramolecular Hbond substituents is 1. The van der Waals surface area contributed by atoms with E-state index >= 15 is 0 Å². The lowest BCUT2D eigenvalue weighted by atomic mass is 9.98. The van der Waals surface area contributed by atoms with E-state index in [-0.39, 0.29) is 23.8 Å². The van der Waals surface area contributed by atoms with E-state index in [1.54, 1.807) is 6.92 Å². The number of benzene rings is 1. The van der Waals surface area contributed by atoms with E-state index in [9.17, 15) is 18.3 Å². The van der Waals surface area contributed by atoms with Gasteiger partial charge in [-0.25, -0.2) is 0 Å². The van der Waals surface area contributed by atoms with Gasteiger partial charge in [-0.15, -0.1) is 0 Å². The van der Waals surface area contributed by atoms with Crippen LogP contribution in [0.25, 0.3) is 0 Å². The lowest BCUT2D eigenvalue weighted by Crippen LogP contribution is -2.11. The van der Waals surface area contributed by atoms with Crippen LogP contribution in [-0.4, -0.2) is 11.7 Å². The molecule has 84 valence electrons. The molecule has 0 aliphatic rings. The Morgan fingerprint density at radius 3 is 2.47 bits per heavy atom. The van der Waals surface area contributed by atoms with Gasteiger partial charge in [0.15, 0.2) is 0 Å². The lowest BCUT2D eigenvalue weighted by molar-refractivity contribution is -0.137. The molecule has 1 aromatic rings. The summed E-state index contributed by atoms with van der Waals surface area (Å²) < 4.78 is 37.1. The molecule has 2 nitrogen and oxygen atoms in total. The highest BCUT2D eigenvalue weighted by Crippen LogP contribution is 2.34. The molecule has 5 heteroatoms. The van der Waals surface area contributed by atoms with Gasteiger partial charge in [0.1, 0.15) is 5.75 Å². The fourth-order valence-corrected chi connectivity index (χ4v) is 1.25. The molecule has 0 fully saturated rings. The van der Waals surface area contributed by atoms with E-state index < -0.39 is 11.7 Å². The third kappa shape index (κ3) is 2.62. The number of nitrogens with two attached hydrogens (primary N) is 1. The van der Waals surface area contributed by atoms with E-state index in [1.807, 2.05) is 0 Å². The molecule has 0 saturated carbocycles. The number of alkyl halides is 3. The minimum atomic E-state index is -4.39. The second-order valence-electron chi connectivity index (χ2n) is 3.41. The third-order valence-corrected chi connectivity index (χ3v) is 2.24. The standard InChI is InChI=1S/C10H12F3NO/c1-6(5-14)8-4-7(10(11,12)13)2-3-9(8)15/h2-4,6,15H,5,14H2,1H3. The van der Waals surface area contributed by atoms with E-state index in [2.05, 4.69) is 0 Å². The van der Waals surface area contributed by atoms with Crippen molar-refractivity contribution in [3.05, 3.63) is 29.3 Å². The molecule has 0 aliphatic heterocycles. The van der Waals surface area contributed by atoms with Gasteiger partial charge in [0.25, 0.3) is 0 Å². The molecule has 0 heterocycles. The Kier molecular flexibility index (Phi) is 3.24. The van der Waals surface area contributed by atoms with Crippen molar-refractivity contribution in [1.29, 1.82) is 0 Å². The monoisotopic (exact) mass is 219 g/mol. The van der Waals surface area contributed by atoms with Crippen LogP contribution >= 0.6 is 0 Å². The molecule has 1 unspecified atom stereocenters. The molecule has 1 rings (SSSR count). The van der Waals surface area contributed by atoms with Crippen molar-refractivity contribution in [2.24, 2.45) is 5.73 Å². The third-order valence-electron chi connectivity index (χ3n) is 2.24. The van der Waals surface area contributed by atoms with Crippen LogP contribution in [0.1, 0.15) is 24.0 Å². The van der Waals surface area contributed by atoms with Gasteiger partial charge in [0, 0.05) is 0 Å². The normalized spacial score (nSPS) is 13.9. The average molecular weight is 219 g/mol. The number of phenols is 1. The van der Waals surface area contributed by atoms with Crippen LogP contribution < -0.4 is 5.73 Å². The largest absolute Gasteiger partial charge is 0.508 e. The zero-order valence-electron chi connectivity index (χ0n) is 8.17. The maximum Gasteiger partial charge on any atom is 0.416 e. The molecule has 0 aromatic heterocycles. The molecule has 0 saturated heterocycles. The second kappa shape index (κ2) is 4.10. The van der Waals surface area contributed by atoms with Crippen molar-refractivity contribution in [1.82, 2.24) is 0 Å². The summed E-state index contributed by atoms with van der Waals surface area (Å²) in [7, 11) is 0. The van der Waals surface area contributed by atoms with Crippen LogP contribution in [0, 0.1) is 0 Å². The van der Waals surface area contributed by atoms with E-state index in [1.165, 1.54) is 0 Å². The number of aromatic hydroxyl groups is 1. The summed E-state index contributed by atoms with van der Waals surface area (Å²) in [5, 5.41) is 9.38. The number of halogens is 3. The summed E-state index contributed by atoms with van der Waals surface area (Å²) in [5.74, 6) is -0.451. The van der Waals surface area contributed by atoms with Crippen LogP contribution in [0.5, 0.6) is 5.75 Å². The zero-order valence-corrected chi connectivity index (χ0v) is 8.17. The lowest BCUT2D eigenvalue weighted by Gasteiger charge is -2.14. The Labute approximate surface area is 85.5 Å². The maximum absolute atomic E-state index is 12.4. The smallest absolute Gasteiger partial charge is 0.416 e. The number of hydrogen-bond acceptors (Lipinski definition) is 2. The minimum absolute atomic E-state index is 0.152. The molecule has 0 bridgehead atoms. The SMILES string of the molecule is CC(CN)c1cc(C(F)(F)F)ccc1O. The minimum Gasteiger partial charge on any atom is -0.508 e. The van der Waals surface area contributed by atoms with Gasteiger partial charge >= 0.3 is 6.18 Å². The van der Waals surface area contributed by atoms with Crippen molar-refractivity contribution >= 4 is 0 Å². The molecule has 0 radical (unpaired) electrons. The van der Waals surface area contributed by atoms with Gasteiger partial charge in [-0.05, 0) is 36.2 Å². The van der Waals surface area contributed by atoms with Gasteiger partial charge in [0.2, 0.25) is 0 Å². The second-order valence-corrected chi connectivity index (χ2v) is 3.41. The van der Waals surface area contributed by atoms with Crippen LogP contribution in [0.3, 0.4) is 0 Å². The van der Waals surface area contributed by atoms with E-state index in [0.717, 1.165) is 18.2 Å². The van der Waals surface area contributed by atoms with Gasteiger partial charge in [-0.1, -0.05) is 6.92 Å². The zero-order chi connectivity index (χ0) is 11.6. The van der Waals surface area contributed by atoms with Crippen molar-refractivity contribution in [3.63, 3.8) is 0 Å². The topological polar surface area (TPSA) is 46.2 Å². The Balaban J connectivity index is 3.17. The fourth-order valence-electron chi connectivity index (χ4n) is 1.25. The summed E-state index contributed by atoms with van der Waals surface area (Å²) >= 11 is 0. The quantitative estimate of drug-likeness (QED) is 0.802. The van der Waals surface area contributed by atoms with Gasteiger partial charge < -0.3 is 10.8 Å². The molecule has 1 atom stereocenters. The Morgan fingerprint density at radius 1 is 1.40 bits per heavy atom. The van der Waals surface area contributed by atoms with Gasteiger partial charge in [0.05, 0.1) is 5.56 Å². The van der Waals surface area contributed by atoms with Crippen molar-refractivity contribution in [2.45, 2.75) is 19.0 Å². The van der Waals surface area contributed by atoms with E-state index in [0.29, 0.717) is 0 Å². The highest BCUT2D eigenvalue weighted by atomic mass is 19.4. The van der Waals surface area contributed by atoms with Crippen LogP contribution in [0.4, 0.5) is 13.2 Å². The molecule has 3 N–H and O–H groups in total. The highest BCUT2D eigenvalue weighted by Gasteiger charge is 2.31. The first kappa shape index (κ1) is 11.8. The van der Waals surface area contributed by atoms with Crippen LogP contribution in [0.15, 0.2) is 18.2 Å². The first-order valence-corrected chi connectivity index (χ1v) is 4.46.